The summed E-state index contributed by atoms with van der Waals surface area (Å²) in [5.74, 6) is 2.55. The summed E-state index contributed by atoms with van der Waals surface area (Å²) < 4.78 is 5.54. The highest BCUT2D eigenvalue weighted by Gasteiger charge is 2.20. The van der Waals surface area contributed by atoms with Crippen molar-refractivity contribution in [3.05, 3.63) is 0 Å². The number of amidine groups is 1. The molecule has 18 heavy (non-hydrogen) atoms. The van der Waals surface area contributed by atoms with E-state index in [9.17, 15) is 0 Å². The molecular weight excluding hydrogens is 244 g/mol. The van der Waals surface area contributed by atoms with E-state index in [0.29, 0.717) is 12.0 Å². The second-order valence-electron chi connectivity index (χ2n) is 5.79. The third-order valence-corrected chi connectivity index (χ3v) is 3.75. The Labute approximate surface area is 116 Å². The Balaban J connectivity index is 2.06. The summed E-state index contributed by atoms with van der Waals surface area (Å²) in [5.41, 5.74) is 0. The number of hydrogen-bond donors (Lipinski definition) is 1. The molecule has 0 radical (unpaired) electrons. The molecule has 0 aromatic heterocycles. The smallest absolute Gasteiger partial charge is 0.156 e. The highest BCUT2D eigenvalue weighted by atomic mass is 32.2. The number of aliphatic imine (C=N–C) groups is 1. The van der Waals surface area contributed by atoms with Gasteiger partial charge in [0.15, 0.2) is 5.17 Å². The molecule has 1 aliphatic heterocycles. The Morgan fingerprint density at radius 2 is 2.11 bits per heavy atom. The number of thioether (sulfide) groups is 1. The lowest BCUT2D eigenvalue weighted by molar-refractivity contribution is 0.109. The Morgan fingerprint density at radius 1 is 1.33 bits per heavy atom. The number of ether oxygens (including phenoxy) is 1. The molecule has 1 N–H and O–H groups in total. The van der Waals surface area contributed by atoms with Gasteiger partial charge in [-0.25, -0.2) is 0 Å². The summed E-state index contributed by atoms with van der Waals surface area (Å²) in [7, 11) is 0. The van der Waals surface area contributed by atoms with Gasteiger partial charge in [0.1, 0.15) is 0 Å². The van der Waals surface area contributed by atoms with Crippen molar-refractivity contribution >= 4 is 16.9 Å². The van der Waals surface area contributed by atoms with Gasteiger partial charge in [-0.05, 0) is 24.7 Å². The summed E-state index contributed by atoms with van der Waals surface area (Å²) in [5, 5.41) is 4.63. The minimum Gasteiger partial charge on any atom is -0.381 e. The topological polar surface area (TPSA) is 33.6 Å². The first-order valence-corrected chi connectivity index (χ1v) is 8.08. The standard InChI is InChI=1S/C14H28N2OS/c1-11(2)8-13-10-18-14(16-13)15-6-5-7-17-9-12(3)4/h11-13H,5-10H2,1-4H3,(H,15,16). The molecule has 106 valence electrons. The zero-order valence-electron chi connectivity index (χ0n) is 12.2. The SMILES string of the molecule is CC(C)COCCCN=C1NC(CC(C)C)CS1. The number of nitrogens with zero attached hydrogens (tertiary/aromatic N) is 1. The summed E-state index contributed by atoms with van der Waals surface area (Å²) >= 11 is 1.86. The average molecular weight is 272 g/mol. The molecule has 1 fully saturated rings. The highest BCUT2D eigenvalue weighted by molar-refractivity contribution is 8.14. The van der Waals surface area contributed by atoms with Crippen LogP contribution in [-0.4, -0.2) is 36.7 Å². The van der Waals surface area contributed by atoms with Crippen LogP contribution in [0.4, 0.5) is 0 Å². The molecule has 1 heterocycles. The normalized spacial score (nSPS) is 22.1. The Hall–Kier alpha value is -0.220. The van der Waals surface area contributed by atoms with Crippen LogP contribution in [0.25, 0.3) is 0 Å². The van der Waals surface area contributed by atoms with E-state index in [2.05, 4.69) is 38.0 Å². The van der Waals surface area contributed by atoms with Crippen LogP contribution in [0.5, 0.6) is 0 Å². The van der Waals surface area contributed by atoms with E-state index in [1.807, 2.05) is 11.8 Å². The molecule has 0 saturated carbocycles. The molecule has 0 aliphatic carbocycles. The van der Waals surface area contributed by atoms with E-state index in [1.165, 1.54) is 12.2 Å². The fourth-order valence-corrected chi connectivity index (χ4v) is 2.90. The molecule has 1 rings (SSSR count). The van der Waals surface area contributed by atoms with E-state index in [1.54, 1.807) is 0 Å². The highest BCUT2D eigenvalue weighted by Crippen LogP contribution is 2.18. The predicted molar refractivity (Wildman–Crippen MR) is 81.4 cm³/mol. The maximum Gasteiger partial charge on any atom is 0.156 e. The molecule has 0 spiro atoms. The maximum atomic E-state index is 5.54. The van der Waals surface area contributed by atoms with Gasteiger partial charge in [-0.2, -0.15) is 0 Å². The number of hydrogen-bond acceptors (Lipinski definition) is 3. The van der Waals surface area contributed by atoms with E-state index in [-0.39, 0.29) is 0 Å². The minimum atomic E-state index is 0.617. The minimum absolute atomic E-state index is 0.617. The van der Waals surface area contributed by atoms with Crippen LogP contribution in [-0.2, 0) is 4.74 Å². The molecule has 0 aromatic carbocycles. The lowest BCUT2D eigenvalue weighted by atomic mass is 10.1. The molecule has 4 heteroatoms. The van der Waals surface area contributed by atoms with Crippen LogP contribution in [0, 0.1) is 11.8 Å². The summed E-state index contributed by atoms with van der Waals surface area (Å²) in [4.78, 5) is 4.59. The van der Waals surface area contributed by atoms with Gasteiger partial charge >= 0.3 is 0 Å². The Bertz CT molecular complexity index is 254. The summed E-state index contributed by atoms with van der Waals surface area (Å²) in [6, 6.07) is 0.617. The van der Waals surface area contributed by atoms with E-state index in [0.717, 1.165) is 37.3 Å². The molecule has 0 aromatic rings. The third kappa shape index (κ3) is 7.27. The van der Waals surface area contributed by atoms with Crippen LogP contribution in [0.3, 0.4) is 0 Å². The molecule has 1 aliphatic rings. The van der Waals surface area contributed by atoms with Gasteiger partial charge in [0.05, 0.1) is 0 Å². The van der Waals surface area contributed by atoms with Crippen molar-refractivity contribution in [3.63, 3.8) is 0 Å². The first-order valence-electron chi connectivity index (χ1n) is 7.09. The van der Waals surface area contributed by atoms with Crippen LogP contribution < -0.4 is 5.32 Å². The largest absolute Gasteiger partial charge is 0.381 e. The fraction of sp³-hybridized carbons (Fsp3) is 0.929. The molecule has 1 unspecified atom stereocenters. The zero-order chi connectivity index (χ0) is 13.4. The van der Waals surface area contributed by atoms with E-state index in [4.69, 9.17) is 4.74 Å². The molecule has 0 amide bonds. The van der Waals surface area contributed by atoms with Crippen LogP contribution in [0.15, 0.2) is 4.99 Å². The quantitative estimate of drug-likeness (QED) is 0.689. The van der Waals surface area contributed by atoms with Crippen LogP contribution >= 0.6 is 11.8 Å². The Kier molecular flexibility index (Phi) is 7.75. The lowest BCUT2D eigenvalue weighted by Gasteiger charge is -2.11. The fourth-order valence-electron chi connectivity index (χ4n) is 1.89. The summed E-state index contributed by atoms with van der Waals surface area (Å²) in [6.45, 7) is 11.5. The van der Waals surface area contributed by atoms with Crippen molar-refractivity contribution in [3.8, 4) is 0 Å². The van der Waals surface area contributed by atoms with Crippen molar-refractivity contribution in [1.82, 2.24) is 5.32 Å². The molecule has 1 saturated heterocycles. The van der Waals surface area contributed by atoms with Crippen molar-refractivity contribution < 1.29 is 4.74 Å². The van der Waals surface area contributed by atoms with Crippen molar-refractivity contribution in [2.75, 3.05) is 25.5 Å². The second-order valence-corrected chi connectivity index (χ2v) is 6.80. The molecule has 1 atom stereocenters. The third-order valence-electron chi connectivity index (χ3n) is 2.66. The molecule has 0 bridgehead atoms. The van der Waals surface area contributed by atoms with Gasteiger partial charge in [0, 0.05) is 31.6 Å². The van der Waals surface area contributed by atoms with Crippen LogP contribution in [0.2, 0.25) is 0 Å². The molecular formula is C14H28N2OS. The number of nitrogens with one attached hydrogen (secondary N) is 1. The van der Waals surface area contributed by atoms with E-state index >= 15 is 0 Å². The van der Waals surface area contributed by atoms with E-state index < -0.39 is 0 Å². The number of rotatable bonds is 8. The summed E-state index contributed by atoms with van der Waals surface area (Å²) in [6.07, 6.45) is 2.26. The maximum absolute atomic E-state index is 5.54. The first-order chi connectivity index (χ1) is 8.58. The second kappa shape index (κ2) is 8.81. The monoisotopic (exact) mass is 272 g/mol. The predicted octanol–water partition coefficient (Wildman–Crippen LogP) is 3.16. The van der Waals surface area contributed by atoms with Gasteiger partial charge in [0.2, 0.25) is 0 Å². The Morgan fingerprint density at radius 3 is 2.78 bits per heavy atom. The van der Waals surface area contributed by atoms with Gasteiger partial charge < -0.3 is 10.1 Å². The van der Waals surface area contributed by atoms with Gasteiger partial charge in [0.25, 0.3) is 0 Å². The van der Waals surface area contributed by atoms with Crippen molar-refractivity contribution in [1.29, 1.82) is 0 Å². The van der Waals surface area contributed by atoms with Crippen molar-refractivity contribution in [2.45, 2.75) is 46.6 Å². The van der Waals surface area contributed by atoms with Crippen LogP contribution in [0.1, 0.15) is 40.5 Å². The lowest BCUT2D eigenvalue weighted by Crippen LogP contribution is -2.28. The van der Waals surface area contributed by atoms with Crippen molar-refractivity contribution in [2.24, 2.45) is 16.8 Å². The average Bonchev–Trinajstić information content (AvgIpc) is 2.69. The first kappa shape index (κ1) is 15.8. The van der Waals surface area contributed by atoms with Gasteiger partial charge in [-0.3, -0.25) is 4.99 Å². The zero-order valence-corrected chi connectivity index (χ0v) is 13.1. The van der Waals surface area contributed by atoms with Gasteiger partial charge in [-0.15, -0.1) is 0 Å². The molecule has 3 nitrogen and oxygen atoms in total. The van der Waals surface area contributed by atoms with Gasteiger partial charge in [-0.1, -0.05) is 39.5 Å².